The quantitative estimate of drug-likeness (QED) is 0.427. The van der Waals surface area contributed by atoms with Crippen molar-refractivity contribution in [2.75, 3.05) is 11.9 Å². The molecule has 3 aromatic carbocycles. The standard InChI is InChI=1S/C26H23ClN2O5/c1-15(12-24(30)29-23-13-16(27)10-11-21(23)25(31)32)28-26(33)34-14-22-19-8-4-2-6-17(19)18-7-3-5-9-20(18)22/h2-11,13,15,22H,12,14H2,1H3,(H,28,33)(H,29,30)(H,31,32)/t15-/m1/s1. The minimum absolute atomic E-state index is 0.0611. The fourth-order valence-corrected chi connectivity index (χ4v) is 4.35. The number of nitrogens with one attached hydrogen (secondary N) is 2. The van der Waals surface area contributed by atoms with Crippen LogP contribution >= 0.6 is 11.6 Å². The monoisotopic (exact) mass is 478 g/mol. The van der Waals surface area contributed by atoms with E-state index >= 15 is 0 Å². The highest BCUT2D eigenvalue weighted by molar-refractivity contribution is 6.31. The minimum atomic E-state index is -1.18. The number of rotatable bonds is 7. The van der Waals surface area contributed by atoms with E-state index in [0.29, 0.717) is 5.02 Å². The van der Waals surface area contributed by atoms with Gasteiger partial charge in [-0.15, -0.1) is 0 Å². The number of carbonyl (C=O) groups excluding carboxylic acids is 2. The van der Waals surface area contributed by atoms with E-state index in [9.17, 15) is 19.5 Å². The highest BCUT2D eigenvalue weighted by Gasteiger charge is 2.29. The van der Waals surface area contributed by atoms with Crippen LogP contribution in [0.25, 0.3) is 11.1 Å². The number of halogens is 1. The van der Waals surface area contributed by atoms with Crippen LogP contribution in [-0.4, -0.2) is 35.7 Å². The first kappa shape index (κ1) is 23.3. The summed E-state index contributed by atoms with van der Waals surface area (Å²) in [6.07, 6.45) is -0.702. The first-order chi connectivity index (χ1) is 16.3. The van der Waals surface area contributed by atoms with Crippen molar-refractivity contribution in [3.05, 3.63) is 88.4 Å². The number of carboxylic acids is 1. The molecule has 1 aliphatic carbocycles. The first-order valence-corrected chi connectivity index (χ1v) is 11.2. The molecular weight excluding hydrogens is 456 g/mol. The van der Waals surface area contributed by atoms with Crippen molar-refractivity contribution in [2.24, 2.45) is 0 Å². The summed E-state index contributed by atoms with van der Waals surface area (Å²) in [6, 6.07) is 19.7. The average Bonchev–Trinajstić information content (AvgIpc) is 3.11. The number of ether oxygens (including phenoxy) is 1. The average molecular weight is 479 g/mol. The number of carbonyl (C=O) groups is 3. The van der Waals surface area contributed by atoms with Crippen LogP contribution in [0.4, 0.5) is 10.5 Å². The van der Waals surface area contributed by atoms with E-state index in [4.69, 9.17) is 16.3 Å². The predicted molar refractivity (Wildman–Crippen MR) is 129 cm³/mol. The van der Waals surface area contributed by atoms with E-state index in [1.807, 2.05) is 36.4 Å². The van der Waals surface area contributed by atoms with E-state index in [-0.39, 0.29) is 30.2 Å². The molecule has 0 saturated heterocycles. The Labute approximate surface area is 201 Å². The SMILES string of the molecule is C[C@H](CC(=O)Nc1cc(Cl)ccc1C(=O)O)NC(=O)OCC1c2ccccc2-c2ccccc21. The van der Waals surface area contributed by atoms with Crippen LogP contribution in [0.15, 0.2) is 66.7 Å². The number of anilines is 1. The van der Waals surface area contributed by atoms with Crippen molar-refractivity contribution in [3.8, 4) is 11.1 Å². The molecule has 0 spiro atoms. The topological polar surface area (TPSA) is 105 Å². The predicted octanol–water partition coefficient (Wildman–Crippen LogP) is 5.29. The van der Waals surface area contributed by atoms with E-state index in [0.717, 1.165) is 22.3 Å². The van der Waals surface area contributed by atoms with Crippen molar-refractivity contribution < 1.29 is 24.2 Å². The Hall–Kier alpha value is -3.84. The van der Waals surface area contributed by atoms with Crippen LogP contribution in [0.1, 0.15) is 40.7 Å². The molecule has 3 N–H and O–H groups in total. The molecule has 1 atom stereocenters. The largest absolute Gasteiger partial charge is 0.478 e. The van der Waals surface area contributed by atoms with E-state index in [1.165, 1.54) is 18.2 Å². The van der Waals surface area contributed by atoms with Crippen LogP contribution in [-0.2, 0) is 9.53 Å². The summed E-state index contributed by atoms with van der Waals surface area (Å²) in [6.45, 7) is 1.83. The van der Waals surface area contributed by atoms with Gasteiger partial charge in [0, 0.05) is 23.4 Å². The Balaban J connectivity index is 1.33. The molecule has 0 radical (unpaired) electrons. The van der Waals surface area contributed by atoms with E-state index < -0.39 is 24.0 Å². The summed E-state index contributed by atoms with van der Waals surface area (Å²) in [5.74, 6) is -1.71. The molecule has 1 aliphatic rings. The summed E-state index contributed by atoms with van der Waals surface area (Å²) >= 11 is 5.91. The molecule has 2 amide bonds. The molecular formula is C26H23ClN2O5. The second-order valence-corrected chi connectivity index (χ2v) is 8.55. The van der Waals surface area contributed by atoms with Gasteiger partial charge in [-0.25, -0.2) is 9.59 Å². The van der Waals surface area contributed by atoms with Gasteiger partial charge in [0.05, 0.1) is 11.3 Å². The molecule has 0 bridgehead atoms. The fraction of sp³-hybridized carbons (Fsp3) is 0.192. The Bertz CT molecular complexity index is 1210. The zero-order valence-corrected chi connectivity index (χ0v) is 19.1. The molecule has 0 unspecified atom stereocenters. The van der Waals surface area contributed by atoms with Gasteiger partial charge < -0.3 is 20.5 Å². The first-order valence-electron chi connectivity index (χ1n) is 10.8. The molecule has 0 fully saturated rings. The number of aromatic carboxylic acids is 1. The van der Waals surface area contributed by atoms with Gasteiger partial charge in [-0.05, 0) is 47.4 Å². The lowest BCUT2D eigenvalue weighted by Gasteiger charge is -2.17. The van der Waals surface area contributed by atoms with E-state index in [2.05, 4.69) is 22.8 Å². The second kappa shape index (κ2) is 9.97. The Kier molecular flexibility index (Phi) is 6.84. The van der Waals surface area contributed by atoms with E-state index in [1.54, 1.807) is 6.92 Å². The number of hydrogen-bond acceptors (Lipinski definition) is 4. The molecule has 7 nitrogen and oxygen atoms in total. The highest BCUT2D eigenvalue weighted by Crippen LogP contribution is 2.44. The maximum absolute atomic E-state index is 12.4. The van der Waals surface area contributed by atoms with Gasteiger partial charge >= 0.3 is 12.1 Å². The number of amides is 2. The lowest BCUT2D eigenvalue weighted by Crippen LogP contribution is -2.36. The fourth-order valence-electron chi connectivity index (χ4n) is 4.18. The summed E-state index contributed by atoms with van der Waals surface area (Å²) in [5, 5.41) is 14.8. The smallest absolute Gasteiger partial charge is 0.407 e. The highest BCUT2D eigenvalue weighted by atomic mass is 35.5. The molecule has 3 aromatic rings. The number of alkyl carbamates (subject to hydrolysis) is 1. The molecule has 0 aromatic heterocycles. The lowest BCUT2D eigenvalue weighted by atomic mass is 9.98. The van der Waals surface area contributed by atoms with Crippen molar-refractivity contribution >= 4 is 35.3 Å². The third-order valence-electron chi connectivity index (χ3n) is 5.69. The Morgan fingerprint density at radius 1 is 1.00 bits per heavy atom. The van der Waals surface area contributed by atoms with Crippen LogP contribution in [0.5, 0.6) is 0 Å². The number of carboxylic acid groups (broad SMARTS) is 1. The third kappa shape index (κ3) is 5.05. The van der Waals surface area contributed by atoms with Gasteiger partial charge in [0.1, 0.15) is 6.61 Å². The maximum atomic E-state index is 12.4. The molecule has 34 heavy (non-hydrogen) atoms. The molecule has 0 aliphatic heterocycles. The Morgan fingerprint density at radius 2 is 1.62 bits per heavy atom. The van der Waals surface area contributed by atoms with Crippen LogP contribution in [0.3, 0.4) is 0 Å². The molecule has 0 saturated carbocycles. The molecule has 174 valence electrons. The normalized spacial score (nSPS) is 12.9. The molecule has 8 heteroatoms. The van der Waals surface area contributed by atoms with Crippen LogP contribution in [0.2, 0.25) is 5.02 Å². The zero-order valence-electron chi connectivity index (χ0n) is 18.4. The van der Waals surface area contributed by atoms with Gasteiger partial charge in [-0.1, -0.05) is 60.1 Å². The Morgan fingerprint density at radius 3 is 2.24 bits per heavy atom. The third-order valence-corrected chi connectivity index (χ3v) is 5.92. The lowest BCUT2D eigenvalue weighted by molar-refractivity contribution is -0.116. The van der Waals surface area contributed by atoms with Crippen molar-refractivity contribution in [2.45, 2.75) is 25.3 Å². The van der Waals surface area contributed by atoms with Gasteiger partial charge in [-0.2, -0.15) is 0 Å². The van der Waals surface area contributed by atoms with Gasteiger partial charge in [0.15, 0.2) is 0 Å². The second-order valence-electron chi connectivity index (χ2n) is 8.12. The number of hydrogen-bond donors (Lipinski definition) is 3. The van der Waals surface area contributed by atoms with Crippen LogP contribution < -0.4 is 10.6 Å². The van der Waals surface area contributed by atoms with Gasteiger partial charge in [-0.3, -0.25) is 4.79 Å². The minimum Gasteiger partial charge on any atom is -0.478 e. The molecule has 0 heterocycles. The number of benzene rings is 3. The van der Waals surface area contributed by atoms with Crippen LogP contribution in [0, 0.1) is 0 Å². The van der Waals surface area contributed by atoms with Crippen molar-refractivity contribution in [1.82, 2.24) is 5.32 Å². The summed E-state index contributed by atoms with van der Waals surface area (Å²) in [4.78, 5) is 36.1. The maximum Gasteiger partial charge on any atom is 0.407 e. The van der Waals surface area contributed by atoms with Crippen molar-refractivity contribution in [3.63, 3.8) is 0 Å². The summed E-state index contributed by atoms with van der Waals surface area (Å²) in [5.41, 5.74) is 4.52. The number of fused-ring (bicyclic) bond motifs is 3. The molecule has 4 rings (SSSR count). The van der Waals surface area contributed by atoms with Gasteiger partial charge in [0.2, 0.25) is 5.91 Å². The zero-order chi connectivity index (χ0) is 24.2. The van der Waals surface area contributed by atoms with Crippen molar-refractivity contribution in [1.29, 1.82) is 0 Å². The summed E-state index contributed by atoms with van der Waals surface area (Å²) < 4.78 is 5.50. The summed E-state index contributed by atoms with van der Waals surface area (Å²) in [7, 11) is 0. The van der Waals surface area contributed by atoms with Gasteiger partial charge in [0.25, 0.3) is 0 Å².